The number of pyridine rings is 1. The summed E-state index contributed by atoms with van der Waals surface area (Å²) in [5.74, 6) is 0. The van der Waals surface area contributed by atoms with Gasteiger partial charge in [0.05, 0.1) is 17.8 Å². The zero-order valence-electron chi connectivity index (χ0n) is 20.0. The van der Waals surface area contributed by atoms with Gasteiger partial charge in [0.2, 0.25) is 0 Å². The number of anilines is 1. The number of halogens is 2. The van der Waals surface area contributed by atoms with Crippen molar-refractivity contribution >= 4 is 50.5 Å². The van der Waals surface area contributed by atoms with Crippen LogP contribution >= 0.6 is 39.7 Å². The standard InChI is InChI=1S/C28H26BrClN4S/c1-16-14-20(11-12-22(16)29)34-27(26(32-28(34)35)24-9-5-6-13-31-24)21-15-17(2)33(19(21)4)25-10-7-8-23(30)18(25)3/h5-15,26-27H,1-4H3,(H,32,35)/t26-,27-/m1/s1. The quantitative estimate of drug-likeness (QED) is 0.257. The van der Waals surface area contributed by atoms with E-state index in [0.717, 1.165) is 49.1 Å². The first-order valence-electron chi connectivity index (χ1n) is 11.5. The molecule has 2 atom stereocenters. The summed E-state index contributed by atoms with van der Waals surface area (Å²) in [7, 11) is 0. The number of hydrogen-bond donors (Lipinski definition) is 1. The molecule has 5 rings (SSSR count). The lowest BCUT2D eigenvalue weighted by atomic mass is 9.96. The molecule has 0 aliphatic carbocycles. The van der Waals surface area contributed by atoms with Crippen LogP contribution in [0.5, 0.6) is 0 Å². The normalized spacial score (nSPS) is 17.7. The highest BCUT2D eigenvalue weighted by molar-refractivity contribution is 9.10. The lowest BCUT2D eigenvalue weighted by Gasteiger charge is -2.28. The molecule has 0 unspecified atom stereocenters. The minimum absolute atomic E-state index is 0.0718. The number of nitrogens with zero attached hydrogens (tertiary/aromatic N) is 3. The van der Waals surface area contributed by atoms with E-state index in [0.29, 0.717) is 5.11 Å². The lowest BCUT2D eigenvalue weighted by Crippen LogP contribution is -2.29. The Labute approximate surface area is 225 Å². The van der Waals surface area contributed by atoms with Gasteiger partial charge in [-0.1, -0.05) is 39.7 Å². The van der Waals surface area contributed by atoms with Gasteiger partial charge in [0.25, 0.3) is 0 Å². The maximum absolute atomic E-state index is 6.49. The third kappa shape index (κ3) is 4.18. The minimum atomic E-state index is -0.0953. The van der Waals surface area contributed by atoms with E-state index in [-0.39, 0.29) is 12.1 Å². The van der Waals surface area contributed by atoms with Gasteiger partial charge in [-0.2, -0.15) is 0 Å². The van der Waals surface area contributed by atoms with Crippen molar-refractivity contribution in [3.05, 3.63) is 110 Å². The predicted molar refractivity (Wildman–Crippen MR) is 152 cm³/mol. The van der Waals surface area contributed by atoms with Crippen molar-refractivity contribution in [2.75, 3.05) is 4.90 Å². The van der Waals surface area contributed by atoms with Gasteiger partial charge < -0.3 is 14.8 Å². The van der Waals surface area contributed by atoms with Crippen LogP contribution in [-0.2, 0) is 0 Å². The van der Waals surface area contributed by atoms with Crippen molar-refractivity contribution in [2.45, 2.75) is 39.8 Å². The fourth-order valence-electron chi connectivity index (χ4n) is 5.02. The Hall–Kier alpha value is -2.67. The Kier molecular flexibility index (Phi) is 6.47. The van der Waals surface area contributed by atoms with Crippen LogP contribution in [0.4, 0.5) is 5.69 Å². The summed E-state index contributed by atoms with van der Waals surface area (Å²) >= 11 is 16.0. The van der Waals surface area contributed by atoms with Crippen LogP contribution < -0.4 is 10.2 Å². The average molecular weight is 566 g/mol. The first-order valence-corrected chi connectivity index (χ1v) is 13.1. The molecule has 1 aliphatic rings. The fourth-order valence-corrected chi connectivity index (χ4v) is 5.79. The molecule has 1 fully saturated rings. The molecule has 35 heavy (non-hydrogen) atoms. The number of nitrogens with one attached hydrogen (secondary N) is 1. The van der Waals surface area contributed by atoms with Crippen LogP contribution in [0, 0.1) is 27.7 Å². The molecule has 178 valence electrons. The minimum Gasteiger partial charge on any atom is -0.351 e. The monoisotopic (exact) mass is 564 g/mol. The second kappa shape index (κ2) is 9.41. The van der Waals surface area contributed by atoms with Crippen molar-refractivity contribution in [1.29, 1.82) is 0 Å². The summed E-state index contributed by atoms with van der Waals surface area (Å²) in [4.78, 5) is 6.92. The summed E-state index contributed by atoms with van der Waals surface area (Å²) in [6.45, 7) is 8.47. The SMILES string of the molecule is Cc1cc(N2C(=S)N[C@H](c3ccccn3)[C@H]2c2cc(C)n(-c3cccc(Cl)c3C)c2C)ccc1Br. The third-order valence-electron chi connectivity index (χ3n) is 6.79. The van der Waals surface area contributed by atoms with Crippen molar-refractivity contribution in [2.24, 2.45) is 0 Å². The van der Waals surface area contributed by atoms with Crippen LogP contribution in [0.2, 0.25) is 5.02 Å². The lowest BCUT2D eigenvalue weighted by molar-refractivity contribution is 0.565. The first-order chi connectivity index (χ1) is 16.8. The number of aryl methyl sites for hydroxylation is 2. The highest BCUT2D eigenvalue weighted by Gasteiger charge is 2.42. The first kappa shape index (κ1) is 24.0. The molecule has 3 heterocycles. The molecule has 1 N–H and O–H groups in total. The zero-order valence-corrected chi connectivity index (χ0v) is 23.2. The van der Waals surface area contributed by atoms with Gasteiger partial charge in [-0.25, -0.2) is 0 Å². The summed E-state index contributed by atoms with van der Waals surface area (Å²) in [6.07, 6.45) is 1.84. The Morgan fingerprint density at radius 1 is 1.00 bits per heavy atom. The maximum Gasteiger partial charge on any atom is 0.174 e. The number of rotatable bonds is 4. The average Bonchev–Trinajstić information content (AvgIpc) is 3.33. The van der Waals surface area contributed by atoms with Crippen LogP contribution in [-0.4, -0.2) is 14.7 Å². The molecule has 1 aliphatic heterocycles. The van der Waals surface area contributed by atoms with Gasteiger partial charge >= 0.3 is 0 Å². The molecule has 0 bridgehead atoms. The van der Waals surface area contributed by atoms with Crippen LogP contribution in [0.1, 0.15) is 45.9 Å². The topological polar surface area (TPSA) is 33.1 Å². The number of benzene rings is 2. The van der Waals surface area contributed by atoms with Gasteiger partial charge in [0.15, 0.2) is 5.11 Å². The molecular formula is C28H26BrClN4S. The third-order valence-corrected chi connectivity index (χ3v) is 8.40. The number of thiocarbonyl (C=S) groups is 1. The van der Waals surface area contributed by atoms with E-state index in [9.17, 15) is 0 Å². The maximum atomic E-state index is 6.49. The molecule has 4 aromatic rings. The molecule has 7 heteroatoms. The van der Waals surface area contributed by atoms with Crippen LogP contribution in [0.25, 0.3) is 5.69 Å². The van der Waals surface area contributed by atoms with E-state index in [4.69, 9.17) is 28.8 Å². The van der Waals surface area contributed by atoms with E-state index in [1.807, 2.05) is 30.5 Å². The summed E-state index contributed by atoms with van der Waals surface area (Å²) in [6, 6.07) is 20.5. The number of hydrogen-bond acceptors (Lipinski definition) is 2. The fraction of sp³-hybridized carbons (Fsp3) is 0.214. The van der Waals surface area contributed by atoms with Gasteiger partial charge in [0, 0.05) is 38.5 Å². The molecule has 2 aromatic carbocycles. The Morgan fingerprint density at radius 3 is 2.51 bits per heavy atom. The van der Waals surface area contributed by atoms with E-state index in [1.165, 1.54) is 5.56 Å². The van der Waals surface area contributed by atoms with Gasteiger partial charge in [0.1, 0.15) is 0 Å². The van der Waals surface area contributed by atoms with Gasteiger partial charge in [-0.05, 0) is 105 Å². The summed E-state index contributed by atoms with van der Waals surface area (Å²) in [5.41, 5.74) is 8.82. The molecule has 4 nitrogen and oxygen atoms in total. The van der Waals surface area contributed by atoms with E-state index < -0.39 is 0 Å². The van der Waals surface area contributed by atoms with Crippen LogP contribution in [0.3, 0.4) is 0 Å². The molecule has 0 saturated carbocycles. The van der Waals surface area contributed by atoms with E-state index in [1.54, 1.807) is 0 Å². The van der Waals surface area contributed by atoms with Crippen molar-refractivity contribution < 1.29 is 0 Å². The Bertz CT molecular complexity index is 1430. The second-order valence-electron chi connectivity index (χ2n) is 8.98. The van der Waals surface area contributed by atoms with Gasteiger partial charge in [-0.3, -0.25) is 4.98 Å². The van der Waals surface area contributed by atoms with Crippen LogP contribution in [0.15, 0.2) is 71.3 Å². The van der Waals surface area contributed by atoms with Gasteiger partial charge in [-0.15, -0.1) is 0 Å². The Balaban J connectivity index is 1.71. The smallest absolute Gasteiger partial charge is 0.174 e. The van der Waals surface area contributed by atoms with Crippen molar-refractivity contribution in [3.63, 3.8) is 0 Å². The molecule has 1 saturated heterocycles. The summed E-state index contributed by atoms with van der Waals surface area (Å²) < 4.78 is 3.37. The highest BCUT2D eigenvalue weighted by atomic mass is 79.9. The summed E-state index contributed by atoms with van der Waals surface area (Å²) in [5, 5.41) is 5.02. The predicted octanol–water partition coefficient (Wildman–Crippen LogP) is 7.70. The van der Waals surface area contributed by atoms with E-state index in [2.05, 4.69) is 94.8 Å². The zero-order chi connectivity index (χ0) is 24.9. The highest BCUT2D eigenvalue weighted by Crippen LogP contribution is 2.44. The molecule has 2 aromatic heterocycles. The molecule has 0 amide bonds. The number of aromatic nitrogens is 2. The second-order valence-corrected chi connectivity index (χ2v) is 10.6. The molecular weight excluding hydrogens is 540 g/mol. The molecule has 0 spiro atoms. The largest absolute Gasteiger partial charge is 0.351 e. The van der Waals surface area contributed by atoms with E-state index >= 15 is 0 Å². The van der Waals surface area contributed by atoms with Crippen molar-refractivity contribution in [3.8, 4) is 5.69 Å². The Morgan fingerprint density at radius 2 is 1.80 bits per heavy atom. The molecule has 0 radical (unpaired) electrons. The van der Waals surface area contributed by atoms with Crippen molar-refractivity contribution in [1.82, 2.24) is 14.9 Å².